The summed E-state index contributed by atoms with van der Waals surface area (Å²) in [7, 11) is 0. The van der Waals surface area contributed by atoms with Crippen molar-refractivity contribution in [1.29, 1.82) is 0 Å². The molecule has 5 aromatic rings. The van der Waals surface area contributed by atoms with E-state index in [-0.39, 0.29) is 11.8 Å². The summed E-state index contributed by atoms with van der Waals surface area (Å²) in [6.45, 7) is 6.13. The van der Waals surface area contributed by atoms with Crippen LogP contribution in [0.4, 0.5) is 17.3 Å². The third kappa shape index (κ3) is 6.12. The smallest absolute Gasteiger partial charge is 0.231 e. The maximum Gasteiger partial charge on any atom is 0.231 e. The zero-order chi connectivity index (χ0) is 28.5. The van der Waals surface area contributed by atoms with E-state index < -0.39 is 6.10 Å². The van der Waals surface area contributed by atoms with Gasteiger partial charge in [-0.25, -0.2) is 9.97 Å². The van der Waals surface area contributed by atoms with Crippen molar-refractivity contribution >= 4 is 34.1 Å². The molecule has 6 rings (SSSR count). The first-order chi connectivity index (χ1) is 19.8. The fraction of sp³-hybridized carbons (Fsp3) is 0.273. The molecule has 41 heavy (non-hydrogen) atoms. The summed E-state index contributed by atoms with van der Waals surface area (Å²) in [5, 5.41) is 21.1. The first-order valence-electron chi connectivity index (χ1n) is 14.1. The number of aromatic nitrogens is 4. The lowest BCUT2D eigenvalue weighted by Gasteiger charge is -2.16. The van der Waals surface area contributed by atoms with Crippen molar-refractivity contribution in [1.82, 2.24) is 19.7 Å². The molecule has 1 fully saturated rings. The van der Waals surface area contributed by atoms with Crippen LogP contribution in [-0.4, -0.2) is 36.9 Å². The third-order valence-corrected chi connectivity index (χ3v) is 7.50. The molecule has 0 saturated heterocycles. The molecule has 1 saturated carbocycles. The number of hydrogen-bond donors (Lipinski definition) is 3. The van der Waals surface area contributed by atoms with Gasteiger partial charge in [0.05, 0.1) is 36.0 Å². The number of anilines is 3. The molecule has 2 aromatic heterocycles. The number of benzene rings is 3. The van der Waals surface area contributed by atoms with Crippen LogP contribution in [0.5, 0.6) is 0 Å². The highest BCUT2D eigenvalue weighted by Gasteiger charge is 2.27. The van der Waals surface area contributed by atoms with E-state index >= 15 is 0 Å². The second-order valence-electron chi connectivity index (χ2n) is 11.1. The highest BCUT2D eigenvalue weighted by molar-refractivity contribution is 5.96. The number of nitrogens with one attached hydrogen (secondary N) is 2. The molecule has 2 unspecified atom stereocenters. The Morgan fingerprint density at radius 2 is 1.90 bits per heavy atom. The van der Waals surface area contributed by atoms with Crippen LogP contribution in [0.25, 0.3) is 22.0 Å². The van der Waals surface area contributed by atoms with Gasteiger partial charge in [0.1, 0.15) is 0 Å². The van der Waals surface area contributed by atoms with Gasteiger partial charge in [0.2, 0.25) is 11.9 Å². The molecule has 208 valence electrons. The molecule has 2 atom stereocenters. The minimum atomic E-state index is -0.478. The van der Waals surface area contributed by atoms with Crippen LogP contribution < -0.4 is 10.6 Å². The van der Waals surface area contributed by atoms with Crippen LogP contribution in [0, 0.1) is 6.92 Å². The molecule has 2 heterocycles. The lowest BCUT2D eigenvalue weighted by molar-refractivity contribution is -0.117. The highest BCUT2D eigenvalue weighted by Crippen LogP contribution is 2.45. The SMILES string of the molecule is Cc1cccc(C(C)C(=O)Nc2ccc(C3CC3)c(-c3ccc4nc(Nc5cnn(CC(C)O)c5)ncc4c3)c2)c1. The number of aryl methyl sites for hydroxylation is 1. The lowest BCUT2D eigenvalue weighted by atomic mass is 9.94. The van der Waals surface area contributed by atoms with Gasteiger partial charge in [-0.2, -0.15) is 5.10 Å². The Hall–Kier alpha value is -4.56. The van der Waals surface area contributed by atoms with Crippen molar-refractivity contribution in [3.63, 3.8) is 0 Å². The quantitative estimate of drug-likeness (QED) is 0.194. The van der Waals surface area contributed by atoms with Gasteiger partial charge in [-0.15, -0.1) is 0 Å². The zero-order valence-electron chi connectivity index (χ0n) is 23.5. The number of aliphatic hydroxyl groups is 1. The van der Waals surface area contributed by atoms with Gasteiger partial charge in [0.25, 0.3) is 0 Å². The Bertz CT molecular complexity index is 1720. The van der Waals surface area contributed by atoms with Crippen LogP contribution in [0.2, 0.25) is 0 Å². The monoisotopic (exact) mass is 546 g/mol. The standard InChI is InChI=1S/C33H34N6O2/c1-20-5-4-6-24(13-20)22(3)32(41)36-27-10-11-29(23-7-8-23)30(15-27)25-9-12-31-26(14-25)16-34-33(38-31)37-28-17-35-39(19-28)18-21(2)40/h4-6,9-17,19,21-23,40H,7-8,18H2,1-3H3,(H,36,41)(H,34,37,38). The second-order valence-corrected chi connectivity index (χ2v) is 11.1. The summed E-state index contributed by atoms with van der Waals surface area (Å²) in [5.41, 5.74) is 8.04. The first kappa shape index (κ1) is 26.7. The fourth-order valence-electron chi connectivity index (χ4n) is 5.16. The largest absolute Gasteiger partial charge is 0.391 e. The molecule has 8 heteroatoms. The van der Waals surface area contributed by atoms with Crippen LogP contribution in [0.3, 0.4) is 0 Å². The van der Waals surface area contributed by atoms with Gasteiger partial charge < -0.3 is 15.7 Å². The Kier molecular flexibility index (Phi) is 7.24. The predicted molar refractivity (Wildman–Crippen MR) is 162 cm³/mol. The van der Waals surface area contributed by atoms with Gasteiger partial charge in [-0.3, -0.25) is 9.48 Å². The van der Waals surface area contributed by atoms with E-state index in [1.54, 1.807) is 17.8 Å². The Morgan fingerprint density at radius 3 is 2.68 bits per heavy atom. The molecule has 0 aliphatic heterocycles. The number of carbonyl (C=O) groups excluding carboxylic acids is 1. The van der Waals surface area contributed by atoms with Gasteiger partial charge in [0, 0.05) is 23.5 Å². The number of hydrogen-bond acceptors (Lipinski definition) is 6. The van der Waals surface area contributed by atoms with E-state index in [1.165, 1.54) is 18.4 Å². The van der Waals surface area contributed by atoms with Gasteiger partial charge >= 0.3 is 0 Å². The second kappa shape index (κ2) is 11.1. The van der Waals surface area contributed by atoms with Gasteiger partial charge in [0.15, 0.2) is 0 Å². The molecular weight excluding hydrogens is 512 g/mol. The maximum atomic E-state index is 13.1. The van der Waals surface area contributed by atoms with E-state index in [0.717, 1.165) is 44.5 Å². The fourth-order valence-corrected chi connectivity index (χ4v) is 5.16. The summed E-state index contributed by atoms with van der Waals surface area (Å²) < 4.78 is 1.68. The molecule has 1 amide bonds. The van der Waals surface area contributed by atoms with Crippen molar-refractivity contribution in [3.05, 3.63) is 95.9 Å². The summed E-state index contributed by atoms with van der Waals surface area (Å²) in [4.78, 5) is 22.4. The van der Waals surface area contributed by atoms with E-state index in [9.17, 15) is 9.90 Å². The van der Waals surface area contributed by atoms with Crippen molar-refractivity contribution < 1.29 is 9.90 Å². The van der Waals surface area contributed by atoms with Gasteiger partial charge in [-0.05, 0) is 86.1 Å². The normalized spacial score (nSPS) is 14.5. The minimum absolute atomic E-state index is 0.0240. The summed E-state index contributed by atoms with van der Waals surface area (Å²) in [6.07, 6.45) is 7.21. The molecule has 0 spiro atoms. The molecule has 3 N–H and O–H groups in total. The van der Waals surface area contributed by atoms with E-state index in [4.69, 9.17) is 4.98 Å². The predicted octanol–water partition coefficient (Wildman–Crippen LogP) is 6.55. The molecule has 3 aromatic carbocycles. The van der Waals surface area contributed by atoms with E-state index in [1.807, 2.05) is 56.6 Å². The average Bonchev–Trinajstić information content (AvgIpc) is 3.72. The number of amides is 1. The Balaban J connectivity index is 1.24. The van der Waals surface area contributed by atoms with Crippen LogP contribution in [-0.2, 0) is 11.3 Å². The van der Waals surface area contributed by atoms with Gasteiger partial charge in [-0.1, -0.05) is 42.0 Å². The van der Waals surface area contributed by atoms with Crippen molar-refractivity contribution in [2.45, 2.75) is 58.1 Å². The zero-order valence-corrected chi connectivity index (χ0v) is 23.5. The van der Waals surface area contributed by atoms with Crippen LogP contribution >= 0.6 is 0 Å². The number of rotatable bonds is 9. The molecule has 1 aliphatic carbocycles. The molecule has 0 bridgehead atoms. The van der Waals surface area contributed by atoms with Crippen molar-refractivity contribution in [2.24, 2.45) is 0 Å². The van der Waals surface area contributed by atoms with Crippen LogP contribution in [0.1, 0.15) is 55.2 Å². The lowest BCUT2D eigenvalue weighted by Crippen LogP contribution is -2.19. The summed E-state index contributed by atoms with van der Waals surface area (Å²) in [5.74, 6) is 0.751. The summed E-state index contributed by atoms with van der Waals surface area (Å²) >= 11 is 0. The molecule has 8 nitrogen and oxygen atoms in total. The molecule has 1 aliphatic rings. The average molecular weight is 547 g/mol. The van der Waals surface area contributed by atoms with E-state index in [0.29, 0.717) is 18.4 Å². The summed E-state index contributed by atoms with van der Waals surface area (Å²) in [6, 6.07) is 20.6. The van der Waals surface area contributed by atoms with Crippen LogP contribution in [0.15, 0.2) is 79.3 Å². The Morgan fingerprint density at radius 1 is 1.05 bits per heavy atom. The number of carbonyl (C=O) groups is 1. The minimum Gasteiger partial charge on any atom is -0.391 e. The van der Waals surface area contributed by atoms with Crippen molar-refractivity contribution in [2.75, 3.05) is 10.6 Å². The third-order valence-electron chi connectivity index (χ3n) is 7.50. The highest BCUT2D eigenvalue weighted by atomic mass is 16.3. The topological polar surface area (TPSA) is 105 Å². The van der Waals surface area contributed by atoms with Crippen molar-refractivity contribution in [3.8, 4) is 11.1 Å². The Labute approximate surface area is 239 Å². The molecule has 0 radical (unpaired) electrons. The van der Waals surface area contributed by atoms with E-state index in [2.05, 4.69) is 51.0 Å². The number of nitrogens with zero attached hydrogens (tertiary/aromatic N) is 4. The first-order valence-corrected chi connectivity index (χ1v) is 14.1. The number of aliphatic hydroxyl groups excluding tert-OH is 1. The number of fused-ring (bicyclic) bond motifs is 1. The molecular formula is C33H34N6O2. The maximum absolute atomic E-state index is 13.1.